The molecule has 1 heterocycles. The highest BCUT2D eigenvalue weighted by molar-refractivity contribution is 5.81. The normalized spacial score (nSPS) is 20.0. The van der Waals surface area contributed by atoms with Crippen molar-refractivity contribution in [3.8, 4) is 17.6 Å². The fraction of sp³-hybridized carbons (Fsp3) is 0.375. The highest BCUT2D eigenvalue weighted by Gasteiger charge is 2.33. The lowest BCUT2D eigenvalue weighted by Crippen LogP contribution is -2.49. The number of benzene rings is 2. The molecule has 2 N–H and O–H groups in total. The number of nitriles is 1. The molecule has 2 aromatic rings. The van der Waals surface area contributed by atoms with E-state index in [4.69, 9.17) is 14.2 Å². The van der Waals surface area contributed by atoms with Crippen molar-refractivity contribution < 1.29 is 23.8 Å². The minimum Gasteiger partial charge on any atom is -0.454 e. The molecule has 3 atom stereocenters. The second-order valence-corrected chi connectivity index (χ2v) is 7.89. The van der Waals surface area contributed by atoms with Crippen LogP contribution in [0.25, 0.3) is 0 Å². The second kappa shape index (κ2) is 10.1. The minimum absolute atomic E-state index is 0.137. The number of rotatable bonds is 6. The van der Waals surface area contributed by atoms with Gasteiger partial charge in [-0.25, -0.2) is 4.79 Å². The monoisotopic (exact) mass is 435 g/mol. The van der Waals surface area contributed by atoms with Crippen LogP contribution in [0, 0.1) is 17.2 Å². The molecule has 0 saturated heterocycles. The van der Waals surface area contributed by atoms with Gasteiger partial charge in [0, 0.05) is 6.04 Å². The van der Waals surface area contributed by atoms with E-state index in [1.165, 1.54) is 0 Å². The number of hydrogen-bond donors (Lipinski definition) is 2. The number of ether oxygens (including phenoxy) is 3. The Morgan fingerprint density at radius 2 is 1.88 bits per heavy atom. The molecular weight excluding hydrogens is 410 g/mol. The third-order valence-corrected chi connectivity index (χ3v) is 5.76. The van der Waals surface area contributed by atoms with Crippen molar-refractivity contribution in [1.82, 2.24) is 10.6 Å². The van der Waals surface area contributed by atoms with E-state index in [0.717, 1.165) is 18.4 Å². The van der Waals surface area contributed by atoms with Gasteiger partial charge in [-0.15, -0.1) is 0 Å². The molecule has 2 amide bonds. The Labute approximate surface area is 186 Å². The summed E-state index contributed by atoms with van der Waals surface area (Å²) in [5.41, 5.74) is 1.51. The Kier molecular flexibility index (Phi) is 6.75. The van der Waals surface area contributed by atoms with Crippen molar-refractivity contribution in [2.24, 2.45) is 5.92 Å². The summed E-state index contributed by atoms with van der Waals surface area (Å²) in [5, 5.41) is 15.3. The summed E-state index contributed by atoms with van der Waals surface area (Å²) in [6.45, 7) is 0.301. The third-order valence-electron chi connectivity index (χ3n) is 5.76. The van der Waals surface area contributed by atoms with Crippen LogP contribution >= 0.6 is 0 Å². The molecule has 0 aromatic heterocycles. The zero-order chi connectivity index (χ0) is 22.3. The van der Waals surface area contributed by atoms with Crippen molar-refractivity contribution in [2.45, 2.75) is 44.4 Å². The van der Waals surface area contributed by atoms with Crippen LogP contribution in [0.5, 0.6) is 11.5 Å². The van der Waals surface area contributed by atoms with Gasteiger partial charge in [0.25, 0.3) is 0 Å². The summed E-state index contributed by atoms with van der Waals surface area (Å²) in [6, 6.07) is 15.5. The molecule has 1 aliphatic carbocycles. The van der Waals surface area contributed by atoms with Gasteiger partial charge in [-0.2, -0.15) is 5.26 Å². The molecule has 1 fully saturated rings. The maximum Gasteiger partial charge on any atom is 0.407 e. The quantitative estimate of drug-likeness (QED) is 0.718. The van der Waals surface area contributed by atoms with Gasteiger partial charge in [-0.05, 0) is 36.1 Å². The van der Waals surface area contributed by atoms with E-state index in [1.54, 1.807) is 18.2 Å². The van der Waals surface area contributed by atoms with Crippen molar-refractivity contribution in [3.05, 3.63) is 59.7 Å². The van der Waals surface area contributed by atoms with Crippen molar-refractivity contribution >= 4 is 12.0 Å². The molecule has 1 aliphatic heterocycles. The zero-order valence-electron chi connectivity index (χ0n) is 17.6. The average Bonchev–Trinajstić information content (AvgIpc) is 3.30. The molecule has 2 aliphatic rings. The number of carbonyl (C=O) groups excluding carboxylic acids is 2. The number of amides is 2. The van der Waals surface area contributed by atoms with Crippen LogP contribution in [-0.2, 0) is 16.1 Å². The number of nitrogens with one attached hydrogen (secondary N) is 2. The van der Waals surface area contributed by atoms with E-state index in [1.807, 2.05) is 30.3 Å². The van der Waals surface area contributed by atoms with Gasteiger partial charge in [0.2, 0.25) is 12.7 Å². The zero-order valence-corrected chi connectivity index (χ0v) is 17.6. The standard InChI is InChI=1S/C24H25N3O5/c25-13-20(17-10-11-21-22(12-17)32-15-31-21)26-23(28)18-8-4-5-9-19(18)27-24(29)30-14-16-6-2-1-3-7-16/h1-3,6-7,10-12,18-20H,4-5,8-9,14-15H2,(H,26,28)(H,27,29)/t18-,19-,20?/m1/s1. The van der Waals surface area contributed by atoms with Crippen LogP contribution in [0.3, 0.4) is 0 Å². The fourth-order valence-electron chi connectivity index (χ4n) is 4.07. The summed E-state index contributed by atoms with van der Waals surface area (Å²) >= 11 is 0. The Morgan fingerprint density at radius 1 is 1.09 bits per heavy atom. The Balaban J connectivity index is 1.36. The van der Waals surface area contributed by atoms with Crippen LogP contribution < -0.4 is 20.1 Å². The Hall–Kier alpha value is -3.73. The van der Waals surface area contributed by atoms with Gasteiger partial charge in [0.15, 0.2) is 11.5 Å². The van der Waals surface area contributed by atoms with Crippen molar-refractivity contribution in [2.75, 3.05) is 6.79 Å². The lowest BCUT2D eigenvalue weighted by molar-refractivity contribution is -0.127. The van der Waals surface area contributed by atoms with E-state index in [0.29, 0.717) is 29.9 Å². The maximum absolute atomic E-state index is 13.0. The van der Waals surface area contributed by atoms with Crippen LogP contribution in [0.15, 0.2) is 48.5 Å². The van der Waals surface area contributed by atoms with E-state index in [2.05, 4.69) is 16.7 Å². The predicted octanol–water partition coefficient (Wildman–Crippen LogP) is 3.58. The molecular formula is C24H25N3O5. The molecule has 1 unspecified atom stereocenters. The summed E-state index contributed by atoms with van der Waals surface area (Å²) < 4.78 is 16.0. The first-order valence-corrected chi connectivity index (χ1v) is 10.7. The van der Waals surface area contributed by atoms with Gasteiger partial charge in [-0.1, -0.05) is 49.2 Å². The predicted molar refractivity (Wildman–Crippen MR) is 115 cm³/mol. The number of nitrogens with zero attached hydrogens (tertiary/aromatic N) is 1. The second-order valence-electron chi connectivity index (χ2n) is 7.89. The Bertz CT molecular complexity index is 1000. The van der Waals surface area contributed by atoms with E-state index in [9.17, 15) is 14.9 Å². The van der Waals surface area contributed by atoms with Gasteiger partial charge in [0.1, 0.15) is 12.6 Å². The highest BCUT2D eigenvalue weighted by atomic mass is 16.7. The summed E-state index contributed by atoms with van der Waals surface area (Å²) in [6.07, 6.45) is 2.56. The van der Waals surface area contributed by atoms with Crippen LogP contribution in [0.2, 0.25) is 0 Å². The number of carbonyl (C=O) groups is 2. The molecule has 0 spiro atoms. The van der Waals surface area contributed by atoms with Gasteiger partial charge < -0.3 is 24.8 Å². The van der Waals surface area contributed by atoms with Crippen LogP contribution in [0.4, 0.5) is 4.79 Å². The summed E-state index contributed by atoms with van der Waals surface area (Å²) in [7, 11) is 0. The first-order chi connectivity index (χ1) is 15.6. The summed E-state index contributed by atoms with van der Waals surface area (Å²) in [5.74, 6) is 0.470. The molecule has 0 radical (unpaired) electrons. The fourth-order valence-corrected chi connectivity index (χ4v) is 4.07. The molecule has 4 rings (SSSR count). The number of fused-ring (bicyclic) bond motifs is 1. The van der Waals surface area contributed by atoms with E-state index < -0.39 is 18.1 Å². The first-order valence-electron chi connectivity index (χ1n) is 10.7. The van der Waals surface area contributed by atoms with Gasteiger partial charge in [0.05, 0.1) is 12.0 Å². The molecule has 32 heavy (non-hydrogen) atoms. The highest BCUT2D eigenvalue weighted by Crippen LogP contribution is 2.34. The topological polar surface area (TPSA) is 110 Å². The van der Waals surface area contributed by atoms with Gasteiger partial charge >= 0.3 is 6.09 Å². The third kappa shape index (κ3) is 5.11. The average molecular weight is 435 g/mol. The molecule has 8 nitrogen and oxygen atoms in total. The molecule has 2 aromatic carbocycles. The number of hydrogen-bond acceptors (Lipinski definition) is 6. The molecule has 0 bridgehead atoms. The van der Waals surface area contributed by atoms with Crippen LogP contribution in [-0.4, -0.2) is 24.8 Å². The molecule has 1 saturated carbocycles. The SMILES string of the molecule is N#CC(NC(=O)[C@@H]1CCCC[C@H]1NC(=O)OCc1ccccc1)c1ccc2c(c1)OCO2. The number of alkyl carbamates (subject to hydrolysis) is 1. The summed E-state index contributed by atoms with van der Waals surface area (Å²) in [4.78, 5) is 25.4. The van der Waals surface area contributed by atoms with Crippen molar-refractivity contribution in [1.29, 1.82) is 5.26 Å². The lowest BCUT2D eigenvalue weighted by atomic mass is 9.83. The largest absolute Gasteiger partial charge is 0.454 e. The van der Waals surface area contributed by atoms with Crippen molar-refractivity contribution in [3.63, 3.8) is 0 Å². The lowest BCUT2D eigenvalue weighted by Gasteiger charge is -2.31. The minimum atomic E-state index is -0.829. The van der Waals surface area contributed by atoms with E-state index in [-0.39, 0.29) is 25.3 Å². The Morgan fingerprint density at radius 3 is 2.69 bits per heavy atom. The van der Waals surface area contributed by atoms with E-state index >= 15 is 0 Å². The molecule has 166 valence electrons. The van der Waals surface area contributed by atoms with Crippen LogP contribution in [0.1, 0.15) is 42.9 Å². The van der Waals surface area contributed by atoms with Gasteiger partial charge in [-0.3, -0.25) is 4.79 Å². The first kappa shape index (κ1) is 21.5. The molecule has 8 heteroatoms. The smallest absolute Gasteiger partial charge is 0.407 e. The maximum atomic E-state index is 13.0.